The first-order valence-electron chi connectivity index (χ1n) is 6.23. The number of carbonyl (C=O) groups excluding carboxylic acids is 1. The smallest absolute Gasteiger partial charge is 0.271 e. The molecule has 0 saturated carbocycles. The highest BCUT2D eigenvalue weighted by Crippen LogP contribution is 2.18. The van der Waals surface area contributed by atoms with Gasteiger partial charge in [-0.25, -0.2) is 4.98 Å². The number of hydrogen-bond acceptors (Lipinski definition) is 5. The van der Waals surface area contributed by atoms with Crippen LogP contribution in [-0.4, -0.2) is 35.1 Å². The Morgan fingerprint density at radius 3 is 2.90 bits per heavy atom. The molecule has 0 radical (unpaired) electrons. The lowest BCUT2D eigenvalue weighted by Gasteiger charge is -2.12. The first-order valence-corrected chi connectivity index (χ1v) is 7.05. The second-order valence-electron chi connectivity index (χ2n) is 4.67. The Morgan fingerprint density at radius 1 is 1.55 bits per heavy atom. The van der Waals surface area contributed by atoms with E-state index in [0.717, 1.165) is 10.6 Å². The molecule has 0 bridgehead atoms. The zero-order valence-electron chi connectivity index (χ0n) is 11.9. The number of carbonyl (C=O) groups is 1. The molecule has 7 heteroatoms. The van der Waals surface area contributed by atoms with Crippen LogP contribution in [0.4, 0.5) is 0 Å². The van der Waals surface area contributed by atoms with Gasteiger partial charge in [0, 0.05) is 29.9 Å². The Balaban J connectivity index is 2.40. The number of amides is 1. The van der Waals surface area contributed by atoms with Gasteiger partial charge in [-0.2, -0.15) is 0 Å². The second-order valence-corrected chi connectivity index (χ2v) is 5.85. The normalized spacial score (nSPS) is 12.6. The van der Waals surface area contributed by atoms with Gasteiger partial charge in [0.05, 0.1) is 6.61 Å². The number of ether oxygens (including phenoxy) is 1. The van der Waals surface area contributed by atoms with Gasteiger partial charge < -0.3 is 10.1 Å². The molecule has 1 N–H and O–H groups in total. The molecule has 2 rings (SSSR count). The quantitative estimate of drug-likeness (QED) is 0.918. The maximum atomic E-state index is 12.4. The van der Waals surface area contributed by atoms with Crippen LogP contribution in [-0.2, 0) is 4.74 Å². The van der Waals surface area contributed by atoms with Crippen LogP contribution in [0.5, 0.6) is 0 Å². The molecule has 0 aliphatic carbocycles. The molecule has 0 aliphatic heterocycles. The molecule has 6 nitrogen and oxygen atoms in total. The van der Waals surface area contributed by atoms with Crippen molar-refractivity contribution in [2.24, 2.45) is 0 Å². The van der Waals surface area contributed by atoms with Gasteiger partial charge in [-0.05, 0) is 20.8 Å². The lowest BCUT2D eigenvalue weighted by Crippen LogP contribution is -2.39. The highest BCUT2D eigenvalue weighted by molar-refractivity contribution is 7.17. The van der Waals surface area contributed by atoms with Crippen molar-refractivity contribution in [1.29, 1.82) is 0 Å². The summed E-state index contributed by atoms with van der Waals surface area (Å²) in [5.41, 5.74) is 0.535. The number of methoxy groups -OCH3 is 1. The highest BCUT2D eigenvalue weighted by atomic mass is 32.1. The van der Waals surface area contributed by atoms with E-state index in [9.17, 15) is 9.59 Å². The van der Waals surface area contributed by atoms with Gasteiger partial charge in [-0.15, -0.1) is 11.3 Å². The van der Waals surface area contributed by atoms with E-state index in [1.165, 1.54) is 21.9 Å². The topological polar surface area (TPSA) is 72.7 Å². The van der Waals surface area contributed by atoms with Crippen molar-refractivity contribution in [2.45, 2.75) is 26.8 Å². The summed E-state index contributed by atoms with van der Waals surface area (Å²) in [6.45, 7) is 5.97. The van der Waals surface area contributed by atoms with E-state index in [-0.39, 0.29) is 17.2 Å². The summed E-state index contributed by atoms with van der Waals surface area (Å²) in [6, 6.07) is -0.169. The van der Waals surface area contributed by atoms with E-state index in [2.05, 4.69) is 10.3 Å². The maximum Gasteiger partial charge on any atom is 0.271 e. The van der Waals surface area contributed by atoms with E-state index in [0.29, 0.717) is 11.6 Å². The molecule has 0 saturated heterocycles. The molecule has 2 aromatic rings. The number of aryl methyl sites for hydroxylation is 2. The average molecular weight is 295 g/mol. The van der Waals surface area contributed by atoms with Crippen molar-refractivity contribution >= 4 is 22.2 Å². The molecule has 2 heterocycles. The van der Waals surface area contributed by atoms with Crippen molar-refractivity contribution in [2.75, 3.05) is 13.7 Å². The second kappa shape index (κ2) is 5.72. The van der Waals surface area contributed by atoms with Crippen LogP contribution in [0.1, 0.15) is 27.9 Å². The minimum absolute atomic E-state index is 0.0475. The van der Waals surface area contributed by atoms with E-state index in [4.69, 9.17) is 4.74 Å². The molecule has 2 aromatic heterocycles. The van der Waals surface area contributed by atoms with Crippen molar-refractivity contribution in [3.05, 3.63) is 32.7 Å². The van der Waals surface area contributed by atoms with Crippen molar-refractivity contribution in [1.82, 2.24) is 14.7 Å². The largest absolute Gasteiger partial charge is 0.383 e. The van der Waals surface area contributed by atoms with E-state index in [1.54, 1.807) is 7.11 Å². The van der Waals surface area contributed by atoms with Gasteiger partial charge in [0.1, 0.15) is 5.56 Å². The van der Waals surface area contributed by atoms with Gasteiger partial charge in [0.2, 0.25) is 0 Å². The van der Waals surface area contributed by atoms with Crippen molar-refractivity contribution < 1.29 is 9.53 Å². The van der Waals surface area contributed by atoms with Crippen LogP contribution >= 0.6 is 11.3 Å². The van der Waals surface area contributed by atoms with Crippen molar-refractivity contribution in [3.8, 4) is 0 Å². The number of rotatable bonds is 4. The zero-order valence-corrected chi connectivity index (χ0v) is 12.7. The summed E-state index contributed by atoms with van der Waals surface area (Å²) in [6.07, 6.45) is 1.34. The lowest BCUT2D eigenvalue weighted by atomic mass is 10.2. The highest BCUT2D eigenvalue weighted by Gasteiger charge is 2.17. The molecule has 0 fully saturated rings. The van der Waals surface area contributed by atoms with E-state index in [1.807, 2.05) is 20.8 Å². The summed E-state index contributed by atoms with van der Waals surface area (Å²) in [7, 11) is 1.56. The van der Waals surface area contributed by atoms with Gasteiger partial charge in [-0.3, -0.25) is 14.0 Å². The van der Waals surface area contributed by atoms with Gasteiger partial charge in [0.15, 0.2) is 4.96 Å². The Morgan fingerprint density at radius 2 is 2.25 bits per heavy atom. The van der Waals surface area contributed by atoms with Crippen LogP contribution in [0, 0.1) is 13.8 Å². The average Bonchev–Trinajstić information content (AvgIpc) is 2.66. The van der Waals surface area contributed by atoms with Gasteiger partial charge >= 0.3 is 0 Å². The van der Waals surface area contributed by atoms with Crippen LogP contribution < -0.4 is 10.9 Å². The number of thiazole rings is 1. The maximum absolute atomic E-state index is 12.4. The monoisotopic (exact) mass is 295 g/mol. The first-order chi connectivity index (χ1) is 9.45. The Labute approximate surface area is 120 Å². The minimum atomic E-state index is -0.426. The predicted molar refractivity (Wildman–Crippen MR) is 77.6 cm³/mol. The molecule has 1 amide bonds. The van der Waals surface area contributed by atoms with E-state index < -0.39 is 5.91 Å². The summed E-state index contributed by atoms with van der Waals surface area (Å²) in [5, 5.41) is 2.72. The fraction of sp³-hybridized carbons (Fsp3) is 0.462. The SMILES string of the molecule is COC[C@H](C)NC(=O)c1cnc2sc(C)c(C)n2c1=O. The third-order valence-corrected chi connectivity index (χ3v) is 4.13. The van der Waals surface area contributed by atoms with E-state index >= 15 is 0 Å². The van der Waals surface area contributed by atoms with Crippen LogP contribution in [0.3, 0.4) is 0 Å². The summed E-state index contributed by atoms with van der Waals surface area (Å²) < 4.78 is 6.43. The summed E-state index contributed by atoms with van der Waals surface area (Å²) in [5.74, 6) is -0.426. The van der Waals surface area contributed by atoms with Crippen LogP contribution in [0.25, 0.3) is 4.96 Å². The Kier molecular flexibility index (Phi) is 4.20. The number of nitrogens with zero attached hydrogens (tertiary/aromatic N) is 2. The molecule has 108 valence electrons. The number of fused-ring (bicyclic) bond motifs is 1. The predicted octanol–water partition coefficient (Wildman–Crippen LogP) is 1.14. The Bertz CT molecular complexity index is 705. The molecular formula is C13H17N3O3S. The molecule has 0 aromatic carbocycles. The van der Waals surface area contributed by atoms with Crippen LogP contribution in [0.15, 0.2) is 11.0 Å². The standard InChI is InChI=1S/C13H17N3O3S/c1-7(6-19-4)15-11(17)10-5-14-13-16(12(10)18)8(2)9(3)20-13/h5,7H,6H2,1-4H3,(H,15,17)/t7-/m0/s1. The van der Waals surface area contributed by atoms with Crippen molar-refractivity contribution in [3.63, 3.8) is 0 Å². The van der Waals surface area contributed by atoms with Gasteiger partial charge in [0.25, 0.3) is 11.5 Å². The summed E-state index contributed by atoms with van der Waals surface area (Å²) >= 11 is 1.44. The lowest BCUT2D eigenvalue weighted by molar-refractivity contribution is 0.0903. The van der Waals surface area contributed by atoms with Crippen LogP contribution in [0.2, 0.25) is 0 Å². The zero-order chi connectivity index (χ0) is 14.9. The first kappa shape index (κ1) is 14.7. The summed E-state index contributed by atoms with van der Waals surface area (Å²) in [4.78, 5) is 30.3. The third-order valence-electron chi connectivity index (χ3n) is 3.06. The fourth-order valence-corrected chi connectivity index (χ4v) is 2.85. The molecule has 1 atom stereocenters. The number of nitrogens with one attached hydrogen (secondary N) is 1. The fourth-order valence-electron chi connectivity index (χ4n) is 1.93. The molecule has 0 spiro atoms. The Hall–Kier alpha value is -1.73. The molecule has 0 unspecified atom stereocenters. The minimum Gasteiger partial charge on any atom is -0.383 e. The van der Waals surface area contributed by atoms with Gasteiger partial charge in [-0.1, -0.05) is 0 Å². The molecule has 20 heavy (non-hydrogen) atoms. The number of aromatic nitrogens is 2. The third kappa shape index (κ3) is 2.59. The number of hydrogen-bond donors (Lipinski definition) is 1. The molecular weight excluding hydrogens is 278 g/mol. The molecule has 0 aliphatic rings.